The summed E-state index contributed by atoms with van der Waals surface area (Å²) in [5.41, 5.74) is 0.735. The van der Waals surface area contributed by atoms with Crippen molar-refractivity contribution < 1.29 is 5.11 Å². The Bertz CT molecular complexity index is 779. The molecule has 6 nitrogen and oxygen atoms in total. The summed E-state index contributed by atoms with van der Waals surface area (Å²) in [6.07, 6.45) is 5.19. The van der Waals surface area contributed by atoms with Gasteiger partial charge in [-0.3, -0.25) is 4.68 Å². The first kappa shape index (κ1) is 25.0. The third kappa shape index (κ3) is 7.77. The molecule has 0 saturated heterocycles. The Labute approximate surface area is 193 Å². The van der Waals surface area contributed by atoms with E-state index < -0.39 is 5.60 Å². The van der Waals surface area contributed by atoms with Crippen LogP contribution < -0.4 is 10.6 Å². The Balaban J connectivity index is 0.00000392. The van der Waals surface area contributed by atoms with Crippen molar-refractivity contribution >= 4 is 53.1 Å². The number of benzene rings is 1. The first-order chi connectivity index (χ1) is 12.8. The van der Waals surface area contributed by atoms with Crippen LogP contribution in [0.1, 0.15) is 31.4 Å². The fraction of sp³-hybridized carbons (Fsp3) is 0.474. The maximum atomic E-state index is 10.6. The highest BCUT2D eigenvalue weighted by Gasteiger charge is 2.24. The van der Waals surface area contributed by atoms with Crippen molar-refractivity contribution in [2.24, 2.45) is 12.0 Å². The van der Waals surface area contributed by atoms with E-state index in [-0.39, 0.29) is 30.5 Å². The van der Waals surface area contributed by atoms with E-state index in [4.69, 9.17) is 23.2 Å². The maximum Gasteiger partial charge on any atom is 0.191 e. The minimum atomic E-state index is -1.08. The summed E-state index contributed by atoms with van der Waals surface area (Å²) in [5, 5.41) is 22.6. The van der Waals surface area contributed by atoms with Gasteiger partial charge in [-0.1, -0.05) is 29.3 Å². The fourth-order valence-corrected chi connectivity index (χ4v) is 3.08. The molecule has 0 bridgehead atoms. The number of halogens is 3. The van der Waals surface area contributed by atoms with Crippen LogP contribution in [0.4, 0.5) is 0 Å². The van der Waals surface area contributed by atoms with Gasteiger partial charge < -0.3 is 15.7 Å². The van der Waals surface area contributed by atoms with Crippen molar-refractivity contribution in [3.8, 4) is 0 Å². The Morgan fingerprint density at radius 2 is 2.07 bits per heavy atom. The van der Waals surface area contributed by atoms with Gasteiger partial charge in [0.05, 0.1) is 12.7 Å². The van der Waals surface area contributed by atoms with E-state index in [9.17, 15) is 5.11 Å². The van der Waals surface area contributed by atoms with E-state index in [0.717, 1.165) is 37.1 Å². The largest absolute Gasteiger partial charge is 0.383 e. The number of aryl methyl sites for hydroxylation is 2. The number of aliphatic hydroxyl groups is 1. The summed E-state index contributed by atoms with van der Waals surface area (Å²) in [4.78, 5) is 4.51. The van der Waals surface area contributed by atoms with Gasteiger partial charge in [-0.15, -0.1) is 24.0 Å². The topological polar surface area (TPSA) is 74.5 Å². The second-order valence-electron chi connectivity index (χ2n) is 6.64. The normalized spacial score (nSPS) is 13.6. The second kappa shape index (κ2) is 11.8. The van der Waals surface area contributed by atoms with Crippen LogP contribution in [-0.2, 0) is 19.1 Å². The summed E-state index contributed by atoms with van der Waals surface area (Å²) >= 11 is 12.1. The first-order valence-corrected chi connectivity index (χ1v) is 9.75. The van der Waals surface area contributed by atoms with Gasteiger partial charge in [0.2, 0.25) is 0 Å². The molecule has 28 heavy (non-hydrogen) atoms. The number of rotatable bonds is 8. The number of aliphatic imine (C=N–C) groups is 1. The molecule has 0 spiro atoms. The molecule has 0 amide bonds. The van der Waals surface area contributed by atoms with Crippen LogP contribution in [0.5, 0.6) is 0 Å². The molecule has 0 aliphatic heterocycles. The standard InChI is InChI=1S/C19H27Cl2N5O.HI/c1-4-22-18(24-13-19(2,27)15-11-25-26(3)12-15)23-9-5-6-14-7-8-16(20)10-17(14)21;/h7-8,10-12,27H,4-6,9,13H2,1-3H3,(H2,22,23,24);1H. The molecule has 3 N–H and O–H groups in total. The molecule has 0 aliphatic rings. The Kier molecular flexibility index (Phi) is 10.6. The van der Waals surface area contributed by atoms with Crippen LogP contribution in [-0.4, -0.2) is 40.5 Å². The highest BCUT2D eigenvalue weighted by molar-refractivity contribution is 14.0. The molecular weight excluding hydrogens is 512 g/mol. The molecule has 0 aliphatic carbocycles. The van der Waals surface area contributed by atoms with Crippen LogP contribution in [0.15, 0.2) is 35.6 Å². The third-order valence-electron chi connectivity index (χ3n) is 4.15. The molecule has 2 aromatic rings. The minimum Gasteiger partial charge on any atom is -0.383 e. The van der Waals surface area contributed by atoms with Gasteiger partial charge in [0, 0.05) is 41.9 Å². The van der Waals surface area contributed by atoms with Crippen LogP contribution in [0.25, 0.3) is 0 Å². The van der Waals surface area contributed by atoms with Crippen LogP contribution in [0, 0.1) is 0 Å². The zero-order chi connectivity index (χ0) is 19.9. The quantitative estimate of drug-likeness (QED) is 0.207. The zero-order valence-corrected chi connectivity index (χ0v) is 20.2. The molecule has 0 fully saturated rings. The molecule has 1 atom stereocenters. The summed E-state index contributed by atoms with van der Waals surface area (Å²) in [7, 11) is 1.82. The zero-order valence-electron chi connectivity index (χ0n) is 16.4. The lowest BCUT2D eigenvalue weighted by molar-refractivity contribution is 0.0672. The summed E-state index contributed by atoms with van der Waals surface area (Å²) in [6.45, 7) is 5.45. The van der Waals surface area contributed by atoms with E-state index in [1.165, 1.54) is 0 Å². The van der Waals surface area contributed by atoms with Gasteiger partial charge in [-0.2, -0.15) is 5.10 Å². The van der Waals surface area contributed by atoms with Crippen molar-refractivity contribution in [3.05, 3.63) is 51.8 Å². The van der Waals surface area contributed by atoms with Gasteiger partial charge in [0.25, 0.3) is 0 Å². The van der Waals surface area contributed by atoms with Crippen LogP contribution in [0.2, 0.25) is 10.0 Å². The number of hydrogen-bond donors (Lipinski definition) is 3. The van der Waals surface area contributed by atoms with Gasteiger partial charge in [-0.25, -0.2) is 4.99 Å². The van der Waals surface area contributed by atoms with E-state index >= 15 is 0 Å². The Morgan fingerprint density at radius 3 is 2.68 bits per heavy atom. The molecule has 2 rings (SSSR count). The number of aromatic nitrogens is 2. The summed E-state index contributed by atoms with van der Waals surface area (Å²) in [6, 6.07) is 5.56. The molecule has 0 radical (unpaired) electrons. The van der Waals surface area contributed by atoms with Crippen molar-refractivity contribution in [2.75, 3.05) is 19.6 Å². The van der Waals surface area contributed by atoms with Crippen LogP contribution >= 0.6 is 47.2 Å². The van der Waals surface area contributed by atoms with Crippen molar-refractivity contribution in [1.82, 2.24) is 20.4 Å². The fourth-order valence-electron chi connectivity index (χ4n) is 2.58. The highest BCUT2D eigenvalue weighted by atomic mass is 127. The Hall–Kier alpha value is -1.03. The molecular formula is C19H28Cl2IN5O. The smallest absolute Gasteiger partial charge is 0.191 e. The molecule has 1 aromatic heterocycles. The lowest BCUT2D eigenvalue weighted by atomic mass is 10.0. The predicted octanol–water partition coefficient (Wildman–Crippen LogP) is 3.74. The summed E-state index contributed by atoms with van der Waals surface area (Å²) in [5.74, 6) is 0.670. The van der Waals surface area contributed by atoms with Crippen molar-refractivity contribution in [3.63, 3.8) is 0 Å². The molecule has 1 unspecified atom stereocenters. The van der Waals surface area contributed by atoms with Gasteiger partial charge >= 0.3 is 0 Å². The van der Waals surface area contributed by atoms with Crippen molar-refractivity contribution in [2.45, 2.75) is 32.3 Å². The minimum absolute atomic E-state index is 0. The van der Waals surface area contributed by atoms with Crippen molar-refractivity contribution in [1.29, 1.82) is 0 Å². The lowest BCUT2D eigenvalue weighted by Gasteiger charge is -2.20. The lowest BCUT2D eigenvalue weighted by Crippen LogP contribution is -2.39. The maximum absolute atomic E-state index is 10.6. The van der Waals surface area contributed by atoms with E-state index in [2.05, 4.69) is 20.7 Å². The molecule has 1 heterocycles. The second-order valence-corrected chi connectivity index (χ2v) is 7.48. The highest BCUT2D eigenvalue weighted by Crippen LogP contribution is 2.22. The van der Waals surface area contributed by atoms with Gasteiger partial charge in [-0.05, 0) is 44.4 Å². The Morgan fingerprint density at radius 1 is 1.32 bits per heavy atom. The van der Waals surface area contributed by atoms with E-state index in [0.29, 0.717) is 16.0 Å². The molecule has 9 heteroatoms. The first-order valence-electron chi connectivity index (χ1n) is 8.99. The van der Waals surface area contributed by atoms with Gasteiger partial charge in [0.1, 0.15) is 5.60 Å². The monoisotopic (exact) mass is 539 g/mol. The van der Waals surface area contributed by atoms with E-state index in [1.807, 2.05) is 26.1 Å². The predicted molar refractivity (Wildman–Crippen MR) is 127 cm³/mol. The van der Waals surface area contributed by atoms with Crippen LogP contribution in [0.3, 0.4) is 0 Å². The average molecular weight is 540 g/mol. The SMILES string of the molecule is CCNC(=NCC(C)(O)c1cnn(C)c1)NCCCc1ccc(Cl)cc1Cl.I. The molecule has 0 saturated carbocycles. The number of hydrogen-bond acceptors (Lipinski definition) is 3. The number of nitrogens with one attached hydrogen (secondary N) is 2. The molecule has 1 aromatic carbocycles. The third-order valence-corrected chi connectivity index (χ3v) is 4.73. The summed E-state index contributed by atoms with van der Waals surface area (Å²) < 4.78 is 1.67. The average Bonchev–Trinajstić information content (AvgIpc) is 3.05. The number of guanidine groups is 1. The van der Waals surface area contributed by atoms with E-state index in [1.54, 1.807) is 30.1 Å². The number of nitrogens with zero attached hydrogens (tertiary/aromatic N) is 3. The van der Waals surface area contributed by atoms with Gasteiger partial charge in [0.15, 0.2) is 5.96 Å². The molecule has 156 valence electrons.